The Hall–Kier alpha value is -1.52. The van der Waals surface area contributed by atoms with Gasteiger partial charge in [-0.15, -0.1) is 0 Å². The lowest BCUT2D eigenvalue weighted by Gasteiger charge is -2.28. The second-order valence-corrected chi connectivity index (χ2v) is 3.55. The minimum atomic E-state index is -0.460. The van der Waals surface area contributed by atoms with Crippen LogP contribution < -0.4 is 0 Å². The first-order chi connectivity index (χ1) is 7.56. The lowest BCUT2D eigenvalue weighted by Crippen LogP contribution is -2.36. The highest BCUT2D eigenvalue weighted by Crippen LogP contribution is 2.22. The van der Waals surface area contributed by atoms with Crippen LogP contribution >= 0.6 is 0 Å². The third-order valence-corrected chi connectivity index (χ3v) is 2.35. The molecule has 16 heavy (non-hydrogen) atoms. The summed E-state index contributed by atoms with van der Waals surface area (Å²) >= 11 is 0. The van der Waals surface area contributed by atoms with Crippen molar-refractivity contribution in [3.8, 4) is 0 Å². The van der Waals surface area contributed by atoms with E-state index in [1.807, 2.05) is 6.92 Å². The molecule has 1 aliphatic rings. The van der Waals surface area contributed by atoms with Gasteiger partial charge in [-0.1, -0.05) is 6.92 Å². The van der Waals surface area contributed by atoms with Crippen molar-refractivity contribution in [2.75, 3.05) is 7.11 Å². The Kier molecular flexibility index (Phi) is 4.34. The molecule has 5 heteroatoms. The van der Waals surface area contributed by atoms with Gasteiger partial charge >= 0.3 is 11.9 Å². The van der Waals surface area contributed by atoms with Crippen LogP contribution in [0.1, 0.15) is 26.7 Å². The SMILES string of the molecule is CC[C@@H](OC(C)=O)[C@H]1CC(OC)=CC(=O)O1. The molecule has 0 bridgehead atoms. The van der Waals surface area contributed by atoms with E-state index >= 15 is 0 Å². The minimum Gasteiger partial charge on any atom is -0.501 e. The van der Waals surface area contributed by atoms with Gasteiger partial charge < -0.3 is 14.2 Å². The molecule has 0 N–H and O–H groups in total. The first-order valence-electron chi connectivity index (χ1n) is 5.19. The van der Waals surface area contributed by atoms with E-state index in [1.165, 1.54) is 20.1 Å². The first-order valence-corrected chi connectivity index (χ1v) is 5.19. The van der Waals surface area contributed by atoms with E-state index in [4.69, 9.17) is 14.2 Å². The van der Waals surface area contributed by atoms with E-state index in [1.54, 1.807) is 0 Å². The number of hydrogen-bond acceptors (Lipinski definition) is 5. The molecule has 1 heterocycles. The van der Waals surface area contributed by atoms with E-state index in [2.05, 4.69) is 0 Å². The van der Waals surface area contributed by atoms with Gasteiger partial charge in [0.2, 0.25) is 0 Å². The molecule has 0 aromatic heterocycles. The summed E-state index contributed by atoms with van der Waals surface area (Å²) in [7, 11) is 1.49. The summed E-state index contributed by atoms with van der Waals surface area (Å²) in [5.41, 5.74) is 0. The van der Waals surface area contributed by atoms with Crippen molar-refractivity contribution in [1.82, 2.24) is 0 Å². The van der Waals surface area contributed by atoms with Crippen LogP contribution in [0.3, 0.4) is 0 Å². The maximum Gasteiger partial charge on any atom is 0.334 e. The zero-order valence-corrected chi connectivity index (χ0v) is 9.69. The molecule has 0 radical (unpaired) electrons. The predicted octanol–water partition coefficient (Wildman–Crippen LogP) is 1.17. The molecule has 0 aliphatic carbocycles. The van der Waals surface area contributed by atoms with E-state index in [-0.39, 0.29) is 5.97 Å². The van der Waals surface area contributed by atoms with Gasteiger partial charge in [-0.2, -0.15) is 0 Å². The van der Waals surface area contributed by atoms with Gasteiger partial charge in [0.1, 0.15) is 18.0 Å². The molecule has 0 unspecified atom stereocenters. The van der Waals surface area contributed by atoms with Crippen LogP contribution in [0, 0.1) is 0 Å². The Labute approximate surface area is 94.4 Å². The third-order valence-electron chi connectivity index (χ3n) is 2.35. The molecule has 0 aromatic rings. The van der Waals surface area contributed by atoms with Crippen LogP contribution in [0.25, 0.3) is 0 Å². The second kappa shape index (κ2) is 5.53. The summed E-state index contributed by atoms with van der Waals surface area (Å²) in [5, 5.41) is 0. The number of methoxy groups -OCH3 is 1. The smallest absolute Gasteiger partial charge is 0.334 e. The third kappa shape index (κ3) is 3.25. The lowest BCUT2D eigenvalue weighted by atomic mass is 10.0. The van der Waals surface area contributed by atoms with Gasteiger partial charge in [-0.05, 0) is 6.42 Å². The summed E-state index contributed by atoms with van der Waals surface area (Å²) in [6.07, 6.45) is 1.46. The maximum absolute atomic E-state index is 11.2. The standard InChI is InChI=1S/C11H16O5/c1-4-9(15-7(2)12)10-5-8(14-3)6-11(13)16-10/h6,9-10H,4-5H2,1-3H3/t9-,10-/m1/s1. The zero-order valence-electron chi connectivity index (χ0n) is 9.69. The molecule has 0 amide bonds. The Morgan fingerprint density at radius 1 is 1.69 bits per heavy atom. The molecule has 0 aromatic carbocycles. The van der Waals surface area contributed by atoms with Crippen LogP contribution in [-0.4, -0.2) is 31.3 Å². The molecular formula is C11H16O5. The van der Waals surface area contributed by atoms with E-state index < -0.39 is 18.2 Å². The molecule has 0 fully saturated rings. The van der Waals surface area contributed by atoms with Crippen molar-refractivity contribution >= 4 is 11.9 Å². The number of carbonyl (C=O) groups is 2. The fourth-order valence-electron chi connectivity index (χ4n) is 1.60. The summed E-state index contributed by atoms with van der Waals surface area (Å²) in [4.78, 5) is 22.1. The highest BCUT2D eigenvalue weighted by molar-refractivity contribution is 5.83. The minimum absolute atomic E-state index is 0.378. The monoisotopic (exact) mass is 228 g/mol. The first kappa shape index (κ1) is 12.5. The van der Waals surface area contributed by atoms with Crippen molar-refractivity contribution in [3.05, 3.63) is 11.8 Å². The van der Waals surface area contributed by atoms with Gasteiger partial charge in [0.15, 0.2) is 0 Å². The van der Waals surface area contributed by atoms with Crippen molar-refractivity contribution in [3.63, 3.8) is 0 Å². The molecule has 1 rings (SSSR count). The molecule has 0 saturated heterocycles. The van der Waals surface area contributed by atoms with Crippen molar-refractivity contribution in [2.24, 2.45) is 0 Å². The number of ether oxygens (including phenoxy) is 3. The molecule has 0 spiro atoms. The topological polar surface area (TPSA) is 61.8 Å². The average molecular weight is 228 g/mol. The van der Waals surface area contributed by atoms with Crippen LogP contribution in [0.4, 0.5) is 0 Å². The summed E-state index contributed by atoms with van der Waals surface area (Å²) < 4.78 is 15.2. The molecule has 2 atom stereocenters. The summed E-state index contributed by atoms with van der Waals surface area (Å²) in [6, 6.07) is 0. The van der Waals surface area contributed by atoms with Crippen molar-refractivity contribution in [1.29, 1.82) is 0 Å². The van der Waals surface area contributed by atoms with Crippen LogP contribution in [0.5, 0.6) is 0 Å². The highest BCUT2D eigenvalue weighted by Gasteiger charge is 2.30. The molecule has 5 nitrogen and oxygen atoms in total. The number of cyclic esters (lactones) is 1. The van der Waals surface area contributed by atoms with Gasteiger partial charge in [0, 0.05) is 13.3 Å². The summed E-state index contributed by atoms with van der Waals surface area (Å²) in [5.74, 6) is -0.290. The fourth-order valence-corrected chi connectivity index (χ4v) is 1.60. The van der Waals surface area contributed by atoms with E-state index in [0.717, 1.165) is 0 Å². The quantitative estimate of drug-likeness (QED) is 0.676. The predicted molar refractivity (Wildman–Crippen MR) is 55.4 cm³/mol. The lowest BCUT2D eigenvalue weighted by molar-refractivity contribution is -0.166. The van der Waals surface area contributed by atoms with Gasteiger partial charge in [-0.25, -0.2) is 4.79 Å². The number of carbonyl (C=O) groups excluding carboxylic acids is 2. The average Bonchev–Trinajstić information content (AvgIpc) is 2.24. The molecule has 1 aliphatic heterocycles. The molecule has 90 valence electrons. The normalized spacial score (nSPS) is 21.8. The summed E-state index contributed by atoms with van der Waals surface area (Å²) in [6.45, 7) is 3.20. The van der Waals surface area contributed by atoms with Crippen molar-refractivity contribution in [2.45, 2.75) is 38.9 Å². The zero-order chi connectivity index (χ0) is 12.1. The van der Waals surface area contributed by atoms with Crippen LogP contribution in [-0.2, 0) is 23.8 Å². The van der Waals surface area contributed by atoms with Gasteiger partial charge in [0.05, 0.1) is 13.2 Å². The van der Waals surface area contributed by atoms with Crippen LogP contribution in [0.2, 0.25) is 0 Å². The number of rotatable bonds is 4. The van der Waals surface area contributed by atoms with Crippen LogP contribution in [0.15, 0.2) is 11.8 Å². The fraction of sp³-hybridized carbons (Fsp3) is 0.636. The van der Waals surface area contributed by atoms with E-state index in [9.17, 15) is 9.59 Å². The molecule has 0 saturated carbocycles. The Morgan fingerprint density at radius 3 is 2.88 bits per heavy atom. The Balaban J connectivity index is 2.69. The Morgan fingerprint density at radius 2 is 2.38 bits per heavy atom. The maximum atomic E-state index is 11.2. The number of esters is 2. The van der Waals surface area contributed by atoms with Crippen molar-refractivity contribution < 1.29 is 23.8 Å². The van der Waals surface area contributed by atoms with E-state index in [0.29, 0.717) is 18.6 Å². The highest BCUT2D eigenvalue weighted by atomic mass is 16.6. The Bertz CT molecular complexity index is 307. The largest absolute Gasteiger partial charge is 0.501 e. The second-order valence-electron chi connectivity index (χ2n) is 3.55. The molecular weight excluding hydrogens is 212 g/mol. The number of hydrogen-bond donors (Lipinski definition) is 0. The van der Waals surface area contributed by atoms with Gasteiger partial charge in [-0.3, -0.25) is 4.79 Å². The van der Waals surface area contributed by atoms with Gasteiger partial charge in [0.25, 0.3) is 0 Å².